The number of rotatable bonds is 3. The van der Waals surface area contributed by atoms with Gasteiger partial charge in [0.15, 0.2) is 5.82 Å². The summed E-state index contributed by atoms with van der Waals surface area (Å²) in [6.45, 7) is 1.98. The number of hydrogen-bond acceptors (Lipinski definition) is 2. The van der Waals surface area contributed by atoms with Gasteiger partial charge in [0.2, 0.25) is 5.91 Å². The topological polar surface area (TPSA) is 46.4 Å². The minimum absolute atomic E-state index is 0.0147. The van der Waals surface area contributed by atoms with Gasteiger partial charge in [-0.1, -0.05) is 13.0 Å². The highest BCUT2D eigenvalue weighted by Crippen LogP contribution is 2.09. The quantitative estimate of drug-likeness (QED) is 0.830. The maximum absolute atomic E-state index is 11.3. The summed E-state index contributed by atoms with van der Waals surface area (Å²) in [5.41, 5.74) is 0.837. The van der Waals surface area contributed by atoms with Crippen LogP contribution in [-0.4, -0.2) is 15.3 Å². The van der Waals surface area contributed by atoms with Gasteiger partial charge >= 0.3 is 0 Å². The summed E-state index contributed by atoms with van der Waals surface area (Å²) in [5, 5.41) is 2.76. The summed E-state index contributed by atoms with van der Waals surface area (Å²) in [6, 6.07) is 5.74. The predicted molar refractivity (Wildman–Crippen MR) is 58.7 cm³/mol. The van der Waals surface area contributed by atoms with Crippen LogP contribution in [-0.2, 0) is 4.79 Å². The Kier molecular flexibility index (Phi) is 2.67. The van der Waals surface area contributed by atoms with Crippen LogP contribution < -0.4 is 5.32 Å². The Morgan fingerprint density at radius 3 is 3.13 bits per heavy atom. The van der Waals surface area contributed by atoms with Crippen molar-refractivity contribution in [3.05, 3.63) is 30.6 Å². The van der Waals surface area contributed by atoms with E-state index in [1.807, 2.05) is 41.9 Å². The molecule has 0 spiro atoms. The van der Waals surface area contributed by atoms with Gasteiger partial charge in [0.25, 0.3) is 0 Å². The molecule has 1 amide bonds. The lowest BCUT2D eigenvalue weighted by atomic mass is 10.3. The molecule has 0 fully saturated rings. The van der Waals surface area contributed by atoms with Crippen LogP contribution in [0, 0.1) is 0 Å². The molecule has 0 bridgehead atoms. The van der Waals surface area contributed by atoms with Gasteiger partial charge in [-0.2, -0.15) is 0 Å². The summed E-state index contributed by atoms with van der Waals surface area (Å²) >= 11 is 0. The van der Waals surface area contributed by atoms with Gasteiger partial charge in [0.1, 0.15) is 5.65 Å². The molecule has 2 rings (SSSR count). The molecule has 1 N–H and O–H groups in total. The van der Waals surface area contributed by atoms with E-state index in [9.17, 15) is 4.79 Å². The van der Waals surface area contributed by atoms with Crippen LogP contribution in [0.5, 0.6) is 0 Å². The molecule has 0 aliphatic heterocycles. The number of aromatic nitrogens is 2. The molecule has 0 saturated carbocycles. The standard InChI is InChI=1S/C11H13N3O/c1-2-5-11(15)13-9-8-14-7-4-3-6-10(14)12-9/h3-4,6-8H,2,5H2,1H3,(H,13,15). The van der Waals surface area contributed by atoms with E-state index in [1.165, 1.54) is 0 Å². The smallest absolute Gasteiger partial charge is 0.225 e. The molecule has 0 radical (unpaired) electrons. The van der Waals surface area contributed by atoms with Gasteiger partial charge in [-0.3, -0.25) is 4.79 Å². The molecule has 0 unspecified atom stereocenters. The molecule has 4 nitrogen and oxygen atoms in total. The number of carbonyl (C=O) groups is 1. The second kappa shape index (κ2) is 4.13. The van der Waals surface area contributed by atoms with E-state index in [-0.39, 0.29) is 5.91 Å². The number of amides is 1. The van der Waals surface area contributed by atoms with Crippen molar-refractivity contribution < 1.29 is 4.79 Å². The van der Waals surface area contributed by atoms with Crippen LogP contribution in [0.15, 0.2) is 30.6 Å². The summed E-state index contributed by atoms with van der Waals surface area (Å²) in [4.78, 5) is 15.6. The Morgan fingerprint density at radius 2 is 2.40 bits per heavy atom. The van der Waals surface area contributed by atoms with Gasteiger partial charge < -0.3 is 9.72 Å². The Bertz CT molecular complexity index is 442. The van der Waals surface area contributed by atoms with Crippen molar-refractivity contribution in [1.29, 1.82) is 0 Å². The molecule has 0 aromatic carbocycles. The van der Waals surface area contributed by atoms with E-state index in [2.05, 4.69) is 10.3 Å². The Morgan fingerprint density at radius 1 is 1.53 bits per heavy atom. The predicted octanol–water partition coefficient (Wildman–Crippen LogP) is 2.07. The van der Waals surface area contributed by atoms with E-state index in [0.717, 1.165) is 12.1 Å². The van der Waals surface area contributed by atoms with Gasteiger partial charge in [-0.25, -0.2) is 4.98 Å². The van der Waals surface area contributed by atoms with Crippen molar-refractivity contribution >= 4 is 17.4 Å². The number of imidazole rings is 1. The van der Waals surface area contributed by atoms with E-state index in [1.54, 1.807) is 0 Å². The van der Waals surface area contributed by atoms with Gasteiger partial charge in [0.05, 0.1) is 6.20 Å². The zero-order chi connectivity index (χ0) is 10.7. The molecule has 2 aromatic rings. The fraction of sp³-hybridized carbons (Fsp3) is 0.273. The SMILES string of the molecule is CCCC(=O)Nc1cn2ccccc2n1. The van der Waals surface area contributed by atoms with Crippen LogP contribution in [0.1, 0.15) is 19.8 Å². The maximum Gasteiger partial charge on any atom is 0.225 e. The minimum Gasteiger partial charge on any atom is -0.309 e. The van der Waals surface area contributed by atoms with Gasteiger partial charge in [0, 0.05) is 12.6 Å². The van der Waals surface area contributed by atoms with Crippen molar-refractivity contribution in [3.63, 3.8) is 0 Å². The average molecular weight is 203 g/mol. The van der Waals surface area contributed by atoms with E-state index >= 15 is 0 Å². The van der Waals surface area contributed by atoms with E-state index in [4.69, 9.17) is 0 Å². The summed E-state index contributed by atoms with van der Waals surface area (Å²) in [6.07, 6.45) is 5.09. The van der Waals surface area contributed by atoms with E-state index in [0.29, 0.717) is 12.2 Å². The normalized spacial score (nSPS) is 10.5. The Balaban J connectivity index is 2.18. The van der Waals surface area contributed by atoms with Crippen LogP contribution >= 0.6 is 0 Å². The number of carbonyl (C=O) groups excluding carboxylic acids is 1. The van der Waals surface area contributed by atoms with Gasteiger partial charge in [-0.15, -0.1) is 0 Å². The first-order chi connectivity index (χ1) is 7.29. The van der Waals surface area contributed by atoms with Crippen LogP contribution in [0.25, 0.3) is 5.65 Å². The van der Waals surface area contributed by atoms with Crippen molar-refractivity contribution in [3.8, 4) is 0 Å². The highest BCUT2D eigenvalue weighted by atomic mass is 16.1. The van der Waals surface area contributed by atoms with Crippen LogP contribution in [0.3, 0.4) is 0 Å². The molecule has 0 aliphatic rings. The van der Waals surface area contributed by atoms with Crippen molar-refractivity contribution in [1.82, 2.24) is 9.38 Å². The average Bonchev–Trinajstić information content (AvgIpc) is 2.59. The highest BCUT2D eigenvalue weighted by Gasteiger charge is 2.04. The fourth-order valence-corrected chi connectivity index (χ4v) is 1.43. The highest BCUT2D eigenvalue weighted by molar-refractivity contribution is 5.89. The number of anilines is 1. The lowest BCUT2D eigenvalue weighted by Crippen LogP contribution is -2.10. The molecule has 4 heteroatoms. The summed E-state index contributed by atoms with van der Waals surface area (Å²) < 4.78 is 1.88. The van der Waals surface area contributed by atoms with Crippen molar-refractivity contribution in [2.24, 2.45) is 0 Å². The molecular formula is C11H13N3O. The molecule has 2 heterocycles. The molecule has 2 aromatic heterocycles. The first kappa shape index (κ1) is 9.71. The third-order valence-electron chi connectivity index (χ3n) is 2.11. The molecule has 0 atom stereocenters. The first-order valence-electron chi connectivity index (χ1n) is 5.03. The van der Waals surface area contributed by atoms with Gasteiger partial charge in [-0.05, 0) is 18.6 Å². The third kappa shape index (κ3) is 2.15. The largest absolute Gasteiger partial charge is 0.309 e. The van der Waals surface area contributed by atoms with E-state index < -0.39 is 0 Å². The lowest BCUT2D eigenvalue weighted by molar-refractivity contribution is -0.116. The Hall–Kier alpha value is -1.84. The summed E-state index contributed by atoms with van der Waals surface area (Å²) in [7, 11) is 0. The molecule has 0 saturated heterocycles. The number of nitrogens with one attached hydrogen (secondary N) is 1. The second-order valence-corrected chi connectivity index (χ2v) is 3.39. The summed E-state index contributed by atoms with van der Waals surface area (Å²) in [5.74, 6) is 0.626. The number of pyridine rings is 1. The van der Waals surface area contributed by atoms with Crippen LogP contribution in [0.2, 0.25) is 0 Å². The van der Waals surface area contributed by atoms with Crippen molar-refractivity contribution in [2.75, 3.05) is 5.32 Å². The number of hydrogen-bond donors (Lipinski definition) is 1. The van der Waals surface area contributed by atoms with Crippen LogP contribution in [0.4, 0.5) is 5.82 Å². The maximum atomic E-state index is 11.3. The zero-order valence-corrected chi connectivity index (χ0v) is 8.60. The molecule has 0 aliphatic carbocycles. The fourth-order valence-electron chi connectivity index (χ4n) is 1.43. The lowest BCUT2D eigenvalue weighted by Gasteiger charge is -1.97. The van der Waals surface area contributed by atoms with Crippen molar-refractivity contribution in [2.45, 2.75) is 19.8 Å². The molecule has 78 valence electrons. The minimum atomic E-state index is 0.0147. The molecule has 15 heavy (non-hydrogen) atoms. The molecular weight excluding hydrogens is 190 g/mol. The first-order valence-corrected chi connectivity index (χ1v) is 5.03. The number of nitrogens with zero attached hydrogens (tertiary/aromatic N) is 2. The number of fused-ring (bicyclic) bond motifs is 1. The monoisotopic (exact) mass is 203 g/mol. The second-order valence-electron chi connectivity index (χ2n) is 3.39. The zero-order valence-electron chi connectivity index (χ0n) is 8.60. The third-order valence-corrected chi connectivity index (χ3v) is 2.11. The Labute approximate surface area is 87.9 Å².